The Kier molecular flexibility index (Phi) is 2.52. The maximum Gasteiger partial charge on any atom is 0.140 e. The highest BCUT2D eigenvalue weighted by Gasteiger charge is 2.06. The van der Waals surface area contributed by atoms with Gasteiger partial charge in [0.25, 0.3) is 0 Å². The summed E-state index contributed by atoms with van der Waals surface area (Å²) in [5.41, 5.74) is 4.41. The van der Waals surface area contributed by atoms with Crippen molar-refractivity contribution in [1.82, 2.24) is 9.38 Å². The first-order valence-electron chi connectivity index (χ1n) is 5.86. The molecule has 0 aliphatic carbocycles. The molecule has 3 aromatic rings. The lowest BCUT2D eigenvalue weighted by Crippen LogP contribution is -1.90. The number of nitrogens with zero attached hydrogens (tertiary/aromatic N) is 2. The van der Waals surface area contributed by atoms with E-state index in [2.05, 4.69) is 40.6 Å². The Balaban J connectivity index is 2.15. The van der Waals surface area contributed by atoms with Crippen LogP contribution in [0.2, 0.25) is 0 Å². The van der Waals surface area contributed by atoms with Gasteiger partial charge in [0.1, 0.15) is 11.4 Å². The molecule has 18 heavy (non-hydrogen) atoms. The van der Waals surface area contributed by atoms with E-state index in [-0.39, 0.29) is 0 Å². The van der Waals surface area contributed by atoms with Crippen LogP contribution in [0, 0.1) is 6.92 Å². The molecule has 0 spiro atoms. The molecule has 3 rings (SSSR count). The number of methoxy groups -OCH3 is 1. The minimum absolute atomic E-state index is 0.823. The van der Waals surface area contributed by atoms with Crippen molar-refractivity contribution in [2.45, 2.75) is 6.92 Å². The first-order chi connectivity index (χ1) is 8.78. The van der Waals surface area contributed by atoms with Crippen LogP contribution >= 0.6 is 0 Å². The summed E-state index contributed by atoms with van der Waals surface area (Å²) in [7, 11) is 1.66. The summed E-state index contributed by atoms with van der Waals surface area (Å²) in [5, 5.41) is 0. The summed E-state index contributed by atoms with van der Waals surface area (Å²) < 4.78 is 7.26. The monoisotopic (exact) mass is 238 g/mol. The molecule has 0 saturated heterocycles. The fourth-order valence-corrected chi connectivity index (χ4v) is 2.03. The number of hydrogen-bond donors (Lipinski definition) is 0. The van der Waals surface area contributed by atoms with Crippen LogP contribution in [-0.2, 0) is 0 Å². The molecule has 1 aromatic carbocycles. The van der Waals surface area contributed by atoms with Gasteiger partial charge in [0.15, 0.2) is 0 Å². The summed E-state index contributed by atoms with van der Waals surface area (Å²) in [5.74, 6) is 0.823. The second-order valence-corrected chi connectivity index (χ2v) is 4.30. The van der Waals surface area contributed by atoms with Gasteiger partial charge >= 0.3 is 0 Å². The molecule has 2 heterocycles. The number of imidazole rings is 1. The predicted molar refractivity (Wildman–Crippen MR) is 71.9 cm³/mol. The third-order valence-electron chi connectivity index (χ3n) is 3.07. The van der Waals surface area contributed by atoms with E-state index in [1.54, 1.807) is 7.11 Å². The van der Waals surface area contributed by atoms with Crippen LogP contribution in [0.1, 0.15) is 5.56 Å². The summed E-state index contributed by atoms with van der Waals surface area (Å²) in [6.45, 7) is 2.09. The smallest absolute Gasteiger partial charge is 0.140 e. The Morgan fingerprint density at radius 1 is 1.11 bits per heavy atom. The van der Waals surface area contributed by atoms with Gasteiger partial charge in [-0.25, -0.2) is 4.98 Å². The number of aromatic nitrogens is 2. The van der Waals surface area contributed by atoms with Crippen LogP contribution < -0.4 is 4.74 Å². The number of hydrogen-bond acceptors (Lipinski definition) is 2. The van der Waals surface area contributed by atoms with Gasteiger partial charge in [0.05, 0.1) is 19.0 Å². The Morgan fingerprint density at radius 3 is 2.61 bits per heavy atom. The average Bonchev–Trinajstić information content (AvgIpc) is 2.82. The quantitative estimate of drug-likeness (QED) is 0.684. The lowest BCUT2D eigenvalue weighted by atomic mass is 10.1. The number of fused-ring (bicyclic) bond motifs is 1. The molecular weight excluding hydrogens is 224 g/mol. The first-order valence-corrected chi connectivity index (χ1v) is 5.86. The van der Waals surface area contributed by atoms with Crippen molar-refractivity contribution in [3.63, 3.8) is 0 Å². The second kappa shape index (κ2) is 4.18. The topological polar surface area (TPSA) is 26.5 Å². The molecule has 90 valence electrons. The van der Waals surface area contributed by atoms with E-state index in [1.165, 1.54) is 11.1 Å². The van der Waals surface area contributed by atoms with E-state index >= 15 is 0 Å². The predicted octanol–water partition coefficient (Wildman–Crippen LogP) is 3.32. The van der Waals surface area contributed by atoms with Crippen molar-refractivity contribution in [2.75, 3.05) is 7.11 Å². The zero-order valence-electron chi connectivity index (χ0n) is 10.4. The third-order valence-corrected chi connectivity index (χ3v) is 3.07. The summed E-state index contributed by atoms with van der Waals surface area (Å²) in [6.07, 6.45) is 3.87. The fraction of sp³-hybridized carbons (Fsp3) is 0.133. The van der Waals surface area contributed by atoms with Crippen molar-refractivity contribution in [2.24, 2.45) is 0 Å². The van der Waals surface area contributed by atoms with Gasteiger partial charge in [0, 0.05) is 17.8 Å². The number of pyridine rings is 1. The highest BCUT2D eigenvalue weighted by atomic mass is 16.5. The molecule has 0 amide bonds. The van der Waals surface area contributed by atoms with E-state index in [0.717, 1.165) is 17.1 Å². The maximum atomic E-state index is 5.20. The lowest BCUT2D eigenvalue weighted by Gasteiger charge is -2.04. The van der Waals surface area contributed by atoms with Gasteiger partial charge in [-0.15, -0.1) is 0 Å². The summed E-state index contributed by atoms with van der Waals surface area (Å²) >= 11 is 0. The molecule has 0 saturated carbocycles. The molecular formula is C15H14N2O. The number of aryl methyl sites for hydroxylation is 1. The van der Waals surface area contributed by atoms with E-state index in [1.807, 2.05) is 24.5 Å². The summed E-state index contributed by atoms with van der Waals surface area (Å²) in [6, 6.07) is 12.3. The number of rotatable bonds is 2. The van der Waals surface area contributed by atoms with Gasteiger partial charge < -0.3 is 4.74 Å². The third kappa shape index (κ3) is 1.74. The van der Waals surface area contributed by atoms with Crippen molar-refractivity contribution in [3.05, 3.63) is 54.4 Å². The zero-order chi connectivity index (χ0) is 12.5. The van der Waals surface area contributed by atoms with Crippen molar-refractivity contribution in [3.8, 4) is 17.0 Å². The minimum atomic E-state index is 0.823. The van der Waals surface area contributed by atoms with E-state index < -0.39 is 0 Å². The van der Waals surface area contributed by atoms with Gasteiger partial charge in [0.2, 0.25) is 0 Å². The molecule has 0 aliphatic rings. The van der Waals surface area contributed by atoms with Crippen molar-refractivity contribution in [1.29, 1.82) is 0 Å². The Hall–Kier alpha value is -2.29. The fourth-order valence-electron chi connectivity index (χ4n) is 2.03. The van der Waals surface area contributed by atoms with Gasteiger partial charge in [-0.05, 0) is 13.0 Å². The Morgan fingerprint density at radius 2 is 1.89 bits per heavy atom. The average molecular weight is 238 g/mol. The van der Waals surface area contributed by atoms with Gasteiger partial charge in [-0.1, -0.05) is 29.8 Å². The Labute approximate surface area is 106 Å². The largest absolute Gasteiger partial charge is 0.497 e. The van der Waals surface area contributed by atoms with Crippen LogP contribution in [0.15, 0.2) is 48.8 Å². The molecule has 0 atom stereocenters. The normalized spacial score (nSPS) is 10.8. The summed E-state index contributed by atoms with van der Waals surface area (Å²) in [4.78, 5) is 4.41. The molecule has 3 heteroatoms. The molecule has 0 bridgehead atoms. The van der Waals surface area contributed by atoms with Gasteiger partial charge in [-0.3, -0.25) is 4.40 Å². The van der Waals surface area contributed by atoms with E-state index in [4.69, 9.17) is 4.74 Å². The first kappa shape index (κ1) is 10.8. The molecule has 0 aliphatic heterocycles. The number of benzene rings is 1. The highest BCUT2D eigenvalue weighted by molar-refractivity contribution is 5.64. The maximum absolute atomic E-state index is 5.20. The van der Waals surface area contributed by atoms with Crippen LogP contribution in [0.25, 0.3) is 16.9 Å². The molecule has 2 aromatic heterocycles. The van der Waals surface area contributed by atoms with Gasteiger partial charge in [-0.2, -0.15) is 0 Å². The molecule has 0 N–H and O–H groups in total. The van der Waals surface area contributed by atoms with Crippen LogP contribution in [0.4, 0.5) is 0 Å². The van der Waals surface area contributed by atoms with Crippen molar-refractivity contribution >= 4 is 5.65 Å². The van der Waals surface area contributed by atoms with Crippen LogP contribution in [-0.4, -0.2) is 16.5 Å². The molecule has 0 unspecified atom stereocenters. The lowest BCUT2D eigenvalue weighted by molar-refractivity contribution is 0.414. The van der Waals surface area contributed by atoms with Crippen LogP contribution in [0.5, 0.6) is 5.75 Å². The Bertz CT molecular complexity index is 683. The molecule has 3 nitrogen and oxygen atoms in total. The highest BCUT2D eigenvalue weighted by Crippen LogP contribution is 2.23. The number of ether oxygens (including phenoxy) is 1. The van der Waals surface area contributed by atoms with Crippen molar-refractivity contribution < 1.29 is 4.74 Å². The molecule has 0 fully saturated rings. The minimum Gasteiger partial charge on any atom is -0.497 e. The zero-order valence-corrected chi connectivity index (χ0v) is 10.4. The van der Waals surface area contributed by atoms with E-state index in [0.29, 0.717) is 0 Å². The van der Waals surface area contributed by atoms with Crippen LogP contribution in [0.3, 0.4) is 0 Å². The molecule has 0 radical (unpaired) electrons. The SMILES string of the molecule is COc1ccn2c(-c3ccc(C)cc3)cnc2c1. The standard InChI is InChI=1S/C15H14N2O/c1-11-3-5-12(6-4-11)14-10-16-15-9-13(18-2)7-8-17(14)15/h3-10H,1-2H3. The second-order valence-electron chi connectivity index (χ2n) is 4.30. The van der Waals surface area contributed by atoms with E-state index in [9.17, 15) is 0 Å².